The molecule has 3 unspecified atom stereocenters. The van der Waals surface area contributed by atoms with Gasteiger partial charge in [0.05, 0.1) is 12.7 Å². The first-order valence-electron chi connectivity index (χ1n) is 3.90. The van der Waals surface area contributed by atoms with Crippen LogP contribution >= 0.6 is 11.8 Å². The minimum absolute atomic E-state index is 0.237. The van der Waals surface area contributed by atoms with Crippen LogP contribution in [0.1, 0.15) is 20.8 Å². The molecular formula is C8H18O2S. The van der Waals surface area contributed by atoms with Gasteiger partial charge in [0.1, 0.15) is 0 Å². The fourth-order valence-corrected chi connectivity index (χ4v) is 1.93. The molecule has 0 amide bonds. The Bertz CT molecular complexity index is 96.1. The summed E-state index contributed by atoms with van der Waals surface area (Å²) in [5.74, 6) is 0. The Morgan fingerprint density at radius 3 is 2.27 bits per heavy atom. The van der Waals surface area contributed by atoms with Crippen molar-refractivity contribution in [3.8, 4) is 0 Å². The van der Waals surface area contributed by atoms with Gasteiger partial charge in [-0.1, -0.05) is 13.8 Å². The van der Waals surface area contributed by atoms with Gasteiger partial charge in [-0.15, -0.1) is 0 Å². The summed E-state index contributed by atoms with van der Waals surface area (Å²) in [6.45, 7) is 6.70. The minimum Gasteiger partial charge on any atom is -0.392 e. The van der Waals surface area contributed by atoms with Crippen molar-refractivity contribution in [2.75, 3.05) is 13.7 Å². The van der Waals surface area contributed by atoms with E-state index in [4.69, 9.17) is 4.74 Å². The number of methoxy groups -OCH3 is 1. The lowest BCUT2D eigenvalue weighted by molar-refractivity contribution is 0.192. The van der Waals surface area contributed by atoms with Crippen LogP contribution in [0, 0.1) is 0 Å². The summed E-state index contributed by atoms with van der Waals surface area (Å²) in [6, 6.07) is 0. The van der Waals surface area contributed by atoms with E-state index in [1.165, 1.54) is 0 Å². The molecule has 11 heavy (non-hydrogen) atoms. The first kappa shape index (κ1) is 11.3. The van der Waals surface area contributed by atoms with Gasteiger partial charge in [-0.25, -0.2) is 0 Å². The molecule has 0 aromatic rings. The molecule has 0 aliphatic carbocycles. The third-order valence-corrected chi connectivity index (χ3v) is 2.95. The molecule has 0 aliphatic rings. The van der Waals surface area contributed by atoms with Crippen molar-refractivity contribution in [1.29, 1.82) is 0 Å². The number of thioether (sulfide) groups is 1. The predicted molar refractivity (Wildman–Crippen MR) is 50.1 cm³/mol. The molecule has 0 fully saturated rings. The predicted octanol–water partition coefficient (Wildman–Crippen LogP) is 1.52. The minimum atomic E-state index is -0.237. The van der Waals surface area contributed by atoms with Crippen molar-refractivity contribution in [2.45, 2.75) is 37.4 Å². The Hall–Kier alpha value is 0.270. The van der Waals surface area contributed by atoms with Gasteiger partial charge in [-0.2, -0.15) is 11.8 Å². The highest BCUT2D eigenvalue weighted by atomic mass is 32.2. The lowest BCUT2D eigenvalue weighted by atomic mass is 10.3. The van der Waals surface area contributed by atoms with Crippen LogP contribution in [0.25, 0.3) is 0 Å². The van der Waals surface area contributed by atoms with Gasteiger partial charge in [0, 0.05) is 17.6 Å². The van der Waals surface area contributed by atoms with E-state index < -0.39 is 0 Å². The molecule has 3 atom stereocenters. The second-order valence-electron chi connectivity index (χ2n) is 2.85. The highest BCUT2D eigenvalue weighted by molar-refractivity contribution is 8.00. The standard InChI is InChI=1S/C8H18O2S/c1-6(5-10-4)11-8(3)7(2)9/h6-9H,5H2,1-4H3. The van der Waals surface area contributed by atoms with E-state index in [0.29, 0.717) is 10.5 Å². The van der Waals surface area contributed by atoms with Crippen LogP contribution in [0.15, 0.2) is 0 Å². The van der Waals surface area contributed by atoms with Crippen LogP contribution < -0.4 is 0 Å². The quantitative estimate of drug-likeness (QED) is 0.692. The summed E-state index contributed by atoms with van der Waals surface area (Å²) in [5, 5.41) is 9.93. The molecule has 3 heteroatoms. The summed E-state index contributed by atoms with van der Waals surface area (Å²) < 4.78 is 4.98. The molecule has 0 radical (unpaired) electrons. The zero-order valence-electron chi connectivity index (χ0n) is 7.70. The summed E-state index contributed by atoms with van der Waals surface area (Å²) >= 11 is 1.76. The summed E-state index contributed by atoms with van der Waals surface area (Å²) in [4.78, 5) is 0. The molecule has 0 aromatic carbocycles. The zero-order valence-corrected chi connectivity index (χ0v) is 8.52. The SMILES string of the molecule is COCC(C)SC(C)C(C)O. The average Bonchev–Trinajstić information content (AvgIpc) is 1.87. The normalized spacial score (nSPS) is 19.4. The molecule has 0 saturated carbocycles. The first-order chi connectivity index (χ1) is 5.07. The smallest absolute Gasteiger partial charge is 0.0628 e. The number of aliphatic hydroxyl groups is 1. The van der Waals surface area contributed by atoms with E-state index in [-0.39, 0.29) is 6.10 Å². The van der Waals surface area contributed by atoms with Crippen LogP contribution in [0.2, 0.25) is 0 Å². The molecule has 68 valence electrons. The Balaban J connectivity index is 3.48. The van der Waals surface area contributed by atoms with E-state index >= 15 is 0 Å². The summed E-state index contributed by atoms with van der Waals surface area (Å²) in [6.07, 6.45) is -0.237. The molecule has 0 saturated heterocycles. The van der Waals surface area contributed by atoms with Crippen LogP contribution in [0.5, 0.6) is 0 Å². The maximum Gasteiger partial charge on any atom is 0.0628 e. The monoisotopic (exact) mass is 178 g/mol. The Kier molecular flexibility index (Phi) is 6.01. The topological polar surface area (TPSA) is 29.5 Å². The number of aliphatic hydroxyl groups excluding tert-OH is 1. The van der Waals surface area contributed by atoms with Gasteiger partial charge in [0.15, 0.2) is 0 Å². The molecule has 0 heterocycles. The molecule has 0 aliphatic heterocycles. The van der Waals surface area contributed by atoms with Gasteiger partial charge >= 0.3 is 0 Å². The van der Waals surface area contributed by atoms with Gasteiger partial charge < -0.3 is 9.84 Å². The molecule has 1 N–H and O–H groups in total. The summed E-state index contributed by atoms with van der Waals surface area (Å²) in [7, 11) is 1.70. The van der Waals surface area contributed by atoms with Crippen LogP contribution in [-0.4, -0.2) is 35.4 Å². The molecule has 0 spiro atoms. The number of ether oxygens (including phenoxy) is 1. The maximum atomic E-state index is 9.18. The van der Waals surface area contributed by atoms with Crippen molar-refractivity contribution < 1.29 is 9.84 Å². The van der Waals surface area contributed by atoms with E-state index in [1.807, 2.05) is 13.8 Å². The van der Waals surface area contributed by atoms with E-state index in [2.05, 4.69) is 6.92 Å². The fourth-order valence-electron chi connectivity index (χ4n) is 0.754. The van der Waals surface area contributed by atoms with E-state index in [0.717, 1.165) is 6.61 Å². The third-order valence-electron chi connectivity index (χ3n) is 1.53. The Labute approximate surface area is 73.3 Å². The maximum absolute atomic E-state index is 9.18. The van der Waals surface area contributed by atoms with Crippen LogP contribution in [-0.2, 0) is 4.74 Å². The number of hydrogen-bond donors (Lipinski definition) is 1. The van der Waals surface area contributed by atoms with E-state index in [1.54, 1.807) is 18.9 Å². The van der Waals surface area contributed by atoms with Crippen molar-refractivity contribution in [3.63, 3.8) is 0 Å². The van der Waals surface area contributed by atoms with Crippen LogP contribution in [0.3, 0.4) is 0 Å². The van der Waals surface area contributed by atoms with Crippen molar-refractivity contribution >= 4 is 11.8 Å². The van der Waals surface area contributed by atoms with Crippen molar-refractivity contribution in [1.82, 2.24) is 0 Å². The van der Waals surface area contributed by atoms with Crippen molar-refractivity contribution in [2.24, 2.45) is 0 Å². The average molecular weight is 178 g/mol. The molecule has 2 nitrogen and oxygen atoms in total. The largest absolute Gasteiger partial charge is 0.392 e. The van der Waals surface area contributed by atoms with Gasteiger partial charge in [-0.3, -0.25) is 0 Å². The fraction of sp³-hybridized carbons (Fsp3) is 1.00. The highest BCUT2D eigenvalue weighted by Gasteiger charge is 2.12. The molecule has 0 aromatic heterocycles. The number of rotatable bonds is 5. The lowest BCUT2D eigenvalue weighted by Crippen LogP contribution is -2.20. The Morgan fingerprint density at radius 1 is 1.36 bits per heavy atom. The van der Waals surface area contributed by atoms with Gasteiger partial charge in [-0.05, 0) is 6.92 Å². The van der Waals surface area contributed by atoms with Crippen molar-refractivity contribution in [3.05, 3.63) is 0 Å². The third kappa shape index (κ3) is 5.53. The highest BCUT2D eigenvalue weighted by Crippen LogP contribution is 2.19. The first-order valence-corrected chi connectivity index (χ1v) is 4.84. The molecule has 0 bridgehead atoms. The van der Waals surface area contributed by atoms with Crippen LogP contribution in [0.4, 0.5) is 0 Å². The molecule has 0 rings (SSSR count). The second-order valence-corrected chi connectivity index (χ2v) is 4.67. The Morgan fingerprint density at radius 2 is 1.91 bits per heavy atom. The lowest BCUT2D eigenvalue weighted by Gasteiger charge is -2.18. The van der Waals surface area contributed by atoms with Gasteiger partial charge in [0.25, 0.3) is 0 Å². The van der Waals surface area contributed by atoms with Gasteiger partial charge in [0.2, 0.25) is 0 Å². The zero-order chi connectivity index (χ0) is 8.85. The second kappa shape index (κ2) is 5.86. The molecular weight excluding hydrogens is 160 g/mol. The van der Waals surface area contributed by atoms with E-state index in [9.17, 15) is 5.11 Å². The summed E-state index contributed by atoms with van der Waals surface area (Å²) in [5.41, 5.74) is 0. The number of hydrogen-bond acceptors (Lipinski definition) is 3.